The molecule has 1 saturated heterocycles. The molecule has 1 aliphatic rings. The Morgan fingerprint density at radius 2 is 2.19 bits per heavy atom. The van der Waals surface area contributed by atoms with Gasteiger partial charge in [-0.3, -0.25) is 4.79 Å². The van der Waals surface area contributed by atoms with Crippen LogP contribution in [0.1, 0.15) is 30.1 Å². The summed E-state index contributed by atoms with van der Waals surface area (Å²) in [7, 11) is 1.47. The van der Waals surface area contributed by atoms with E-state index in [0.717, 1.165) is 19.4 Å². The molecule has 1 aliphatic heterocycles. The van der Waals surface area contributed by atoms with Gasteiger partial charge in [0.15, 0.2) is 0 Å². The topological polar surface area (TPSA) is 87.7 Å². The minimum atomic E-state index is -1.10. The van der Waals surface area contributed by atoms with Crippen LogP contribution in [0.5, 0.6) is 5.75 Å². The molecule has 0 bridgehead atoms. The number of methoxy groups -OCH3 is 1. The number of carboxylic acids is 1. The summed E-state index contributed by atoms with van der Waals surface area (Å²) in [5.74, 6) is -0.636. The van der Waals surface area contributed by atoms with Crippen LogP contribution in [0.4, 0.5) is 5.69 Å². The number of carbonyl (C=O) groups is 2. The molecule has 3 N–H and O–H groups in total. The Labute approximate surface area is 123 Å². The summed E-state index contributed by atoms with van der Waals surface area (Å²) in [4.78, 5) is 23.6. The maximum atomic E-state index is 12.3. The predicted octanol–water partition coefficient (Wildman–Crippen LogP) is 1.72. The van der Waals surface area contributed by atoms with Crippen molar-refractivity contribution in [2.75, 3.05) is 19.0 Å². The SMILES string of the molecule is COc1ccc(NC(=O)C2NCCCC2C)c(C(=O)O)c1. The highest BCUT2D eigenvalue weighted by Crippen LogP contribution is 2.23. The van der Waals surface area contributed by atoms with Gasteiger partial charge >= 0.3 is 5.97 Å². The number of piperidine rings is 1. The van der Waals surface area contributed by atoms with Crippen LogP contribution in [0.3, 0.4) is 0 Å². The molecule has 6 nitrogen and oxygen atoms in total. The first-order valence-electron chi connectivity index (χ1n) is 6.98. The lowest BCUT2D eigenvalue weighted by atomic mass is 9.92. The minimum Gasteiger partial charge on any atom is -0.497 e. The van der Waals surface area contributed by atoms with E-state index in [-0.39, 0.29) is 29.1 Å². The molecule has 1 aromatic carbocycles. The zero-order chi connectivity index (χ0) is 15.4. The number of rotatable bonds is 4. The van der Waals surface area contributed by atoms with Gasteiger partial charge in [-0.05, 0) is 43.5 Å². The molecule has 21 heavy (non-hydrogen) atoms. The second kappa shape index (κ2) is 6.58. The average molecular weight is 292 g/mol. The quantitative estimate of drug-likeness (QED) is 0.786. The number of hydrogen-bond acceptors (Lipinski definition) is 4. The maximum Gasteiger partial charge on any atom is 0.337 e. The van der Waals surface area contributed by atoms with Crippen molar-refractivity contribution in [2.24, 2.45) is 5.92 Å². The van der Waals surface area contributed by atoms with Gasteiger partial charge in [0.2, 0.25) is 5.91 Å². The predicted molar refractivity (Wildman–Crippen MR) is 78.8 cm³/mol. The fourth-order valence-electron chi connectivity index (χ4n) is 2.55. The first kappa shape index (κ1) is 15.3. The second-order valence-corrected chi connectivity index (χ2v) is 5.26. The van der Waals surface area contributed by atoms with E-state index in [2.05, 4.69) is 10.6 Å². The molecule has 0 spiro atoms. The number of amides is 1. The Morgan fingerprint density at radius 3 is 2.81 bits per heavy atom. The van der Waals surface area contributed by atoms with E-state index in [1.807, 2.05) is 6.92 Å². The minimum absolute atomic E-state index is 0.0196. The Balaban J connectivity index is 2.18. The largest absolute Gasteiger partial charge is 0.497 e. The van der Waals surface area contributed by atoms with Crippen molar-refractivity contribution < 1.29 is 19.4 Å². The normalized spacial score (nSPS) is 21.6. The maximum absolute atomic E-state index is 12.3. The van der Waals surface area contributed by atoms with Crippen LogP contribution >= 0.6 is 0 Å². The first-order valence-corrected chi connectivity index (χ1v) is 6.98. The molecule has 1 amide bonds. The third-order valence-corrected chi connectivity index (χ3v) is 3.77. The molecule has 2 atom stereocenters. The van der Waals surface area contributed by atoms with Gasteiger partial charge in [-0.15, -0.1) is 0 Å². The smallest absolute Gasteiger partial charge is 0.337 e. The van der Waals surface area contributed by atoms with Gasteiger partial charge in [-0.2, -0.15) is 0 Å². The molecule has 1 aromatic rings. The molecule has 114 valence electrons. The Kier molecular flexibility index (Phi) is 4.80. The van der Waals surface area contributed by atoms with Crippen molar-refractivity contribution in [3.05, 3.63) is 23.8 Å². The van der Waals surface area contributed by atoms with Gasteiger partial charge in [0, 0.05) is 0 Å². The van der Waals surface area contributed by atoms with Crippen LogP contribution in [-0.4, -0.2) is 36.7 Å². The lowest BCUT2D eigenvalue weighted by Gasteiger charge is -2.29. The van der Waals surface area contributed by atoms with E-state index >= 15 is 0 Å². The third kappa shape index (κ3) is 3.52. The number of carbonyl (C=O) groups excluding carboxylic acids is 1. The highest BCUT2D eigenvalue weighted by atomic mass is 16.5. The zero-order valence-electron chi connectivity index (χ0n) is 12.2. The first-order chi connectivity index (χ1) is 10.0. The van der Waals surface area contributed by atoms with Gasteiger partial charge in [0.1, 0.15) is 5.75 Å². The average Bonchev–Trinajstić information content (AvgIpc) is 2.47. The lowest BCUT2D eigenvalue weighted by molar-refractivity contribution is -0.119. The summed E-state index contributed by atoms with van der Waals surface area (Å²) in [6.07, 6.45) is 2.04. The van der Waals surface area contributed by atoms with E-state index in [4.69, 9.17) is 4.74 Å². The van der Waals surface area contributed by atoms with Crippen molar-refractivity contribution in [3.8, 4) is 5.75 Å². The van der Waals surface area contributed by atoms with Crippen LogP contribution in [0.25, 0.3) is 0 Å². The van der Waals surface area contributed by atoms with Crippen molar-refractivity contribution >= 4 is 17.6 Å². The molecule has 0 saturated carbocycles. The Bertz CT molecular complexity index is 544. The van der Waals surface area contributed by atoms with Crippen LogP contribution in [0, 0.1) is 5.92 Å². The van der Waals surface area contributed by atoms with E-state index in [1.54, 1.807) is 12.1 Å². The summed E-state index contributed by atoms with van der Waals surface area (Å²) >= 11 is 0. The summed E-state index contributed by atoms with van der Waals surface area (Å²) in [6.45, 7) is 2.82. The highest BCUT2D eigenvalue weighted by molar-refractivity contribution is 6.02. The molecule has 2 rings (SSSR count). The summed E-state index contributed by atoms with van der Waals surface area (Å²) < 4.78 is 5.01. The molecular formula is C15H20N2O4. The van der Waals surface area contributed by atoms with Crippen LogP contribution in [0.15, 0.2) is 18.2 Å². The number of benzene rings is 1. The number of aromatic carboxylic acids is 1. The van der Waals surface area contributed by atoms with Gasteiger partial charge in [-0.25, -0.2) is 4.79 Å². The molecule has 0 aliphatic carbocycles. The van der Waals surface area contributed by atoms with Crippen LogP contribution in [0.2, 0.25) is 0 Å². The number of anilines is 1. The Hall–Kier alpha value is -2.08. The standard InChI is InChI=1S/C15H20N2O4/c1-9-4-3-7-16-13(9)14(18)17-12-6-5-10(21-2)8-11(12)15(19)20/h5-6,8-9,13,16H,3-4,7H2,1-2H3,(H,17,18)(H,19,20). The van der Waals surface area contributed by atoms with Gasteiger partial charge in [0.05, 0.1) is 24.4 Å². The highest BCUT2D eigenvalue weighted by Gasteiger charge is 2.28. The van der Waals surface area contributed by atoms with Gasteiger partial charge in [-0.1, -0.05) is 6.92 Å². The second-order valence-electron chi connectivity index (χ2n) is 5.26. The lowest BCUT2D eigenvalue weighted by Crippen LogP contribution is -2.48. The molecular weight excluding hydrogens is 272 g/mol. The molecule has 0 radical (unpaired) electrons. The van der Waals surface area contributed by atoms with E-state index in [0.29, 0.717) is 5.75 Å². The Morgan fingerprint density at radius 1 is 1.43 bits per heavy atom. The summed E-state index contributed by atoms with van der Waals surface area (Å²) in [5, 5.41) is 15.1. The van der Waals surface area contributed by atoms with E-state index in [1.165, 1.54) is 13.2 Å². The van der Waals surface area contributed by atoms with Gasteiger partial charge < -0.3 is 20.5 Å². The molecule has 0 aromatic heterocycles. The van der Waals surface area contributed by atoms with Crippen molar-refractivity contribution in [3.63, 3.8) is 0 Å². The fourth-order valence-corrected chi connectivity index (χ4v) is 2.55. The van der Waals surface area contributed by atoms with Gasteiger partial charge in [0.25, 0.3) is 0 Å². The molecule has 6 heteroatoms. The molecule has 1 heterocycles. The number of nitrogens with one attached hydrogen (secondary N) is 2. The van der Waals surface area contributed by atoms with Crippen LogP contribution in [-0.2, 0) is 4.79 Å². The third-order valence-electron chi connectivity index (χ3n) is 3.77. The monoisotopic (exact) mass is 292 g/mol. The molecule has 2 unspecified atom stereocenters. The van der Waals surface area contributed by atoms with Crippen LogP contribution < -0.4 is 15.4 Å². The molecule has 1 fully saturated rings. The van der Waals surface area contributed by atoms with Crippen molar-refractivity contribution in [1.82, 2.24) is 5.32 Å². The number of hydrogen-bond donors (Lipinski definition) is 3. The van der Waals surface area contributed by atoms with E-state index < -0.39 is 5.97 Å². The summed E-state index contributed by atoms with van der Waals surface area (Å²) in [6, 6.07) is 4.28. The van der Waals surface area contributed by atoms with Crippen molar-refractivity contribution in [2.45, 2.75) is 25.8 Å². The number of carboxylic acid groups (broad SMARTS) is 1. The van der Waals surface area contributed by atoms with Crippen molar-refractivity contribution in [1.29, 1.82) is 0 Å². The zero-order valence-corrected chi connectivity index (χ0v) is 12.2. The summed E-state index contributed by atoms with van der Waals surface area (Å²) in [5.41, 5.74) is 0.305. The number of ether oxygens (including phenoxy) is 1. The van der Waals surface area contributed by atoms with E-state index in [9.17, 15) is 14.7 Å². The fraction of sp³-hybridized carbons (Fsp3) is 0.467.